The Morgan fingerprint density at radius 3 is 0.781 bits per heavy atom. The number of unbranched alkanes of at least 4 members (excludes halogenated alkanes) is 11. The van der Waals surface area contributed by atoms with E-state index in [2.05, 4.69) is 6.92 Å². The van der Waals surface area contributed by atoms with Crippen LogP contribution < -0.4 is 0 Å². The van der Waals surface area contributed by atoms with Gasteiger partial charge in [-0.05, 0) is 6.42 Å². The molecule has 0 atom stereocenters. The maximum Gasteiger partial charge on any atom is 3.00 e. The minimum absolute atomic E-state index is 0. The van der Waals surface area contributed by atoms with E-state index in [0.717, 1.165) is 6.42 Å². The van der Waals surface area contributed by atoms with Gasteiger partial charge in [-0.1, -0.05) is 77.6 Å². The van der Waals surface area contributed by atoms with Gasteiger partial charge in [-0.2, -0.15) is 0 Å². The van der Waals surface area contributed by atoms with Crippen LogP contribution in [-0.2, 0) is 31.2 Å². The summed E-state index contributed by atoms with van der Waals surface area (Å²) >= 11 is 0. The van der Waals surface area contributed by atoms with E-state index in [1.165, 1.54) is 70.6 Å². The Hall–Kier alpha value is 0.635. The van der Waals surface area contributed by atoms with Crippen molar-refractivity contribution < 1.29 is 57.7 Å². The zero-order valence-electron chi connectivity index (χ0n) is 17.9. The van der Waals surface area contributed by atoms with Gasteiger partial charge in [0.2, 0.25) is 0 Å². The first kappa shape index (κ1) is 46.0. The van der Waals surface area contributed by atoms with Crippen LogP contribution in [0, 0.1) is 0 Å². The molecule has 0 aliphatic heterocycles. The molecular formula is C14H30Al2O13S3. The molecule has 0 bridgehead atoms. The van der Waals surface area contributed by atoms with Gasteiger partial charge < -0.3 is 32.4 Å². The molecular weight excluding hydrogens is 526 g/mol. The van der Waals surface area contributed by atoms with Crippen LogP contribution in [0.3, 0.4) is 0 Å². The van der Waals surface area contributed by atoms with Crippen molar-refractivity contribution in [1.29, 1.82) is 0 Å². The summed E-state index contributed by atoms with van der Waals surface area (Å²) < 4.78 is 102. The fourth-order valence-corrected chi connectivity index (χ4v) is 1.95. The molecule has 0 aromatic heterocycles. The molecule has 1 N–H and O–H groups in total. The maximum atomic E-state index is 8.61. The third-order valence-electron chi connectivity index (χ3n) is 3.01. The van der Waals surface area contributed by atoms with Gasteiger partial charge in [0.05, 0.1) is 0 Å². The molecule has 0 spiro atoms. The molecule has 32 heavy (non-hydrogen) atoms. The van der Waals surface area contributed by atoms with E-state index in [0.29, 0.717) is 6.61 Å². The summed E-state index contributed by atoms with van der Waals surface area (Å²) in [5.74, 6) is 0. The first-order valence-electron chi connectivity index (χ1n) is 9.02. The summed E-state index contributed by atoms with van der Waals surface area (Å²) in [5, 5.41) is 8.61. The van der Waals surface area contributed by atoms with Gasteiger partial charge in [-0.25, -0.2) is 0 Å². The second-order valence-electron chi connectivity index (χ2n) is 5.84. The van der Waals surface area contributed by atoms with Crippen LogP contribution in [0.5, 0.6) is 0 Å². The number of hydrogen-bond donors (Lipinski definition) is 1. The quantitative estimate of drug-likeness (QED) is 0.143. The van der Waals surface area contributed by atoms with Crippen molar-refractivity contribution in [2.45, 2.75) is 84.0 Å². The van der Waals surface area contributed by atoms with Gasteiger partial charge in [0.15, 0.2) is 0 Å². The van der Waals surface area contributed by atoms with Crippen molar-refractivity contribution in [3.63, 3.8) is 0 Å². The van der Waals surface area contributed by atoms with E-state index >= 15 is 0 Å². The van der Waals surface area contributed by atoms with Crippen LogP contribution >= 0.6 is 0 Å². The summed E-state index contributed by atoms with van der Waals surface area (Å²) in [4.78, 5) is 0. The summed E-state index contributed by atoms with van der Waals surface area (Å²) in [6.45, 7) is 2.64. The Morgan fingerprint density at radius 1 is 0.469 bits per heavy atom. The monoisotopic (exact) mass is 556 g/mol. The predicted octanol–water partition coefficient (Wildman–Crippen LogP) is -0.0958. The van der Waals surface area contributed by atoms with Gasteiger partial charge in [-0.3, -0.25) is 25.3 Å². The average molecular weight is 557 g/mol. The minimum Gasteiger partial charge on any atom is -0.759 e. The SMILES string of the molecule is CCCCCCCCCCCCCCO.O=S(=O)([O-])[O-].O=S(=O)([O-])[O-].O=S(=O)([O-])[O-].[Al+3].[Al+3]. The molecule has 0 amide bonds. The fraction of sp³-hybridized carbons (Fsp3) is 1.00. The fourth-order valence-electron chi connectivity index (χ4n) is 1.95. The summed E-state index contributed by atoms with van der Waals surface area (Å²) in [7, 11) is -15.5. The van der Waals surface area contributed by atoms with Crippen molar-refractivity contribution in [2.75, 3.05) is 6.61 Å². The number of aliphatic hydroxyl groups is 1. The molecule has 0 saturated carbocycles. The molecule has 13 nitrogen and oxygen atoms in total. The predicted molar refractivity (Wildman–Crippen MR) is 111 cm³/mol. The Labute approximate surface area is 213 Å². The molecule has 0 aliphatic carbocycles. The minimum atomic E-state index is -5.17. The van der Waals surface area contributed by atoms with Crippen LogP contribution in [0.15, 0.2) is 0 Å². The van der Waals surface area contributed by atoms with E-state index in [1.54, 1.807) is 0 Å². The third kappa shape index (κ3) is 169. The molecule has 0 aromatic carbocycles. The van der Waals surface area contributed by atoms with Crippen LogP contribution in [0.1, 0.15) is 84.0 Å². The van der Waals surface area contributed by atoms with Gasteiger partial charge in [0, 0.05) is 37.8 Å². The Balaban J connectivity index is -0.0000000824. The van der Waals surface area contributed by atoms with Crippen molar-refractivity contribution >= 4 is 65.9 Å². The molecule has 0 saturated heterocycles. The zero-order chi connectivity index (χ0) is 24.7. The summed E-state index contributed by atoms with van der Waals surface area (Å²) in [6, 6.07) is 0. The third-order valence-corrected chi connectivity index (χ3v) is 3.01. The molecule has 0 rings (SSSR count). The van der Waals surface area contributed by atoms with Crippen molar-refractivity contribution in [3.8, 4) is 0 Å². The number of aliphatic hydroxyl groups excluding tert-OH is 1. The number of hydrogen-bond acceptors (Lipinski definition) is 13. The average Bonchev–Trinajstić information content (AvgIpc) is 2.48. The molecule has 0 unspecified atom stereocenters. The molecule has 0 fully saturated rings. The van der Waals surface area contributed by atoms with Crippen LogP contribution in [0.2, 0.25) is 0 Å². The van der Waals surface area contributed by atoms with E-state index < -0.39 is 31.2 Å². The number of rotatable bonds is 12. The van der Waals surface area contributed by atoms with Crippen LogP contribution in [0.25, 0.3) is 0 Å². The Kier molecular flexibility index (Phi) is 42.7. The van der Waals surface area contributed by atoms with Gasteiger partial charge in [0.25, 0.3) is 0 Å². The van der Waals surface area contributed by atoms with Crippen molar-refractivity contribution in [3.05, 3.63) is 0 Å². The molecule has 0 radical (unpaired) electrons. The van der Waals surface area contributed by atoms with E-state index in [9.17, 15) is 0 Å². The van der Waals surface area contributed by atoms with Crippen LogP contribution in [0.4, 0.5) is 0 Å². The van der Waals surface area contributed by atoms with E-state index in [1.807, 2.05) is 0 Å². The van der Waals surface area contributed by atoms with E-state index in [-0.39, 0.29) is 34.7 Å². The molecule has 0 aliphatic rings. The molecule has 0 aromatic rings. The zero-order valence-corrected chi connectivity index (χ0v) is 22.7. The maximum absolute atomic E-state index is 8.61. The summed E-state index contributed by atoms with van der Waals surface area (Å²) in [6.07, 6.45) is 16.2. The first-order chi connectivity index (χ1) is 13.4. The van der Waals surface area contributed by atoms with Crippen molar-refractivity contribution in [2.24, 2.45) is 0 Å². The van der Waals surface area contributed by atoms with Crippen molar-refractivity contribution in [1.82, 2.24) is 0 Å². The van der Waals surface area contributed by atoms with E-state index in [4.69, 9.17) is 57.7 Å². The topological polar surface area (TPSA) is 261 Å². The second-order valence-corrected chi connectivity index (χ2v) is 8.29. The second kappa shape index (κ2) is 29.7. The molecule has 0 heterocycles. The van der Waals surface area contributed by atoms with Gasteiger partial charge >= 0.3 is 34.7 Å². The largest absolute Gasteiger partial charge is 3.00 e. The molecule has 18 heteroatoms. The summed E-state index contributed by atoms with van der Waals surface area (Å²) in [5.41, 5.74) is 0. The molecule has 188 valence electrons. The van der Waals surface area contributed by atoms with Gasteiger partial charge in [-0.15, -0.1) is 0 Å². The Bertz CT molecular complexity index is 546. The Morgan fingerprint density at radius 2 is 0.625 bits per heavy atom. The normalized spacial score (nSPS) is 10.5. The van der Waals surface area contributed by atoms with Gasteiger partial charge in [0.1, 0.15) is 0 Å². The van der Waals surface area contributed by atoms with Crippen LogP contribution in [-0.4, -0.2) is 99.0 Å². The smallest absolute Gasteiger partial charge is 0.759 e. The first-order valence-corrected chi connectivity index (χ1v) is 13.0. The standard InChI is InChI=1S/C14H30O.2Al.3H2O4S/c1-2-3-4-5-6-7-8-9-10-11-12-13-14-15;;;3*1-5(2,3)4/h15H,2-14H2,1H3;;;3*(H2,1,2,3,4)/q;2*+3;;;/p-6.